The quantitative estimate of drug-likeness (QED) is 0.666. The van der Waals surface area contributed by atoms with Crippen LogP contribution in [0, 0.1) is 5.92 Å². The highest BCUT2D eigenvalue weighted by atomic mass is 16.3. The number of nitrogens with zero attached hydrogens (tertiary/aromatic N) is 3. The third-order valence-electron chi connectivity index (χ3n) is 2.29. The van der Waals surface area contributed by atoms with Gasteiger partial charge in [-0.1, -0.05) is 0 Å². The molecule has 0 unspecified atom stereocenters. The summed E-state index contributed by atoms with van der Waals surface area (Å²) in [6, 6.07) is 0. The van der Waals surface area contributed by atoms with Gasteiger partial charge < -0.3 is 14.6 Å². The van der Waals surface area contributed by atoms with E-state index in [0.29, 0.717) is 12.5 Å². The van der Waals surface area contributed by atoms with Crippen LogP contribution in [-0.4, -0.2) is 34.4 Å². The molecular weight excluding hydrogens is 154 g/mol. The zero-order valence-electron chi connectivity index (χ0n) is 7.14. The van der Waals surface area contributed by atoms with E-state index in [9.17, 15) is 0 Å². The summed E-state index contributed by atoms with van der Waals surface area (Å²) < 4.78 is 1.99. The first kappa shape index (κ1) is 7.61. The third-order valence-corrected chi connectivity index (χ3v) is 2.29. The van der Waals surface area contributed by atoms with Crippen LogP contribution in [0.1, 0.15) is 0 Å². The smallest absolute Gasteiger partial charge is 0.205 e. The molecule has 0 radical (unpaired) electrons. The first-order chi connectivity index (χ1) is 5.81. The van der Waals surface area contributed by atoms with Crippen molar-refractivity contribution < 1.29 is 5.11 Å². The maximum absolute atomic E-state index is 8.82. The highest BCUT2D eigenvalue weighted by Crippen LogP contribution is 2.21. The minimum atomic E-state index is 0.293. The lowest BCUT2D eigenvalue weighted by Crippen LogP contribution is -2.49. The van der Waals surface area contributed by atoms with E-state index < -0.39 is 0 Å². The maximum Gasteiger partial charge on any atom is 0.205 e. The lowest BCUT2D eigenvalue weighted by molar-refractivity contribution is 0.199. The molecule has 1 aliphatic heterocycles. The van der Waals surface area contributed by atoms with Gasteiger partial charge in [-0.25, -0.2) is 4.98 Å². The molecule has 1 N–H and O–H groups in total. The van der Waals surface area contributed by atoms with Crippen molar-refractivity contribution in [2.24, 2.45) is 13.0 Å². The average molecular weight is 167 g/mol. The number of aromatic nitrogens is 2. The molecule has 0 bridgehead atoms. The molecular formula is C8H13N3O. The lowest BCUT2D eigenvalue weighted by Gasteiger charge is -2.38. The predicted octanol–water partition coefficient (Wildman–Crippen LogP) is -0.151. The monoisotopic (exact) mass is 167 g/mol. The van der Waals surface area contributed by atoms with Crippen LogP contribution >= 0.6 is 0 Å². The number of aryl methyl sites for hydroxylation is 1. The second-order valence-corrected chi connectivity index (χ2v) is 3.29. The average Bonchev–Trinajstić information content (AvgIpc) is 2.35. The molecule has 0 spiro atoms. The Kier molecular flexibility index (Phi) is 1.77. The van der Waals surface area contributed by atoms with Crippen molar-refractivity contribution in [1.29, 1.82) is 0 Å². The summed E-state index contributed by atoms with van der Waals surface area (Å²) >= 11 is 0. The lowest BCUT2D eigenvalue weighted by atomic mass is 10.0. The summed E-state index contributed by atoms with van der Waals surface area (Å²) in [5.41, 5.74) is 0. The van der Waals surface area contributed by atoms with E-state index in [1.165, 1.54) is 0 Å². The van der Waals surface area contributed by atoms with Crippen molar-refractivity contribution in [3.05, 3.63) is 12.4 Å². The van der Waals surface area contributed by atoms with E-state index in [-0.39, 0.29) is 0 Å². The standard InChI is InChI=1S/C8H13N3O/c1-10-3-2-9-8(10)11-4-7(5-11)6-12/h2-3,7,12H,4-6H2,1H3. The van der Waals surface area contributed by atoms with Crippen molar-refractivity contribution >= 4 is 5.95 Å². The fourth-order valence-corrected chi connectivity index (χ4v) is 1.51. The van der Waals surface area contributed by atoms with Crippen molar-refractivity contribution in [2.45, 2.75) is 0 Å². The minimum Gasteiger partial charge on any atom is -0.396 e. The Balaban J connectivity index is 2.01. The molecule has 0 atom stereocenters. The Morgan fingerprint density at radius 1 is 1.67 bits per heavy atom. The Hall–Kier alpha value is -1.03. The Labute approximate surface area is 71.4 Å². The fourth-order valence-electron chi connectivity index (χ4n) is 1.51. The van der Waals surface area contributed by atoms with Crippen molar-refractivity contribution in [3.63, 3.8) is 0 Å². The van der Waals surface area contributed by atoms with E-state index in [2.05, 4.69) is 9.88 Å². The molecule has 66 valence electrons. The Morgan fingerprint density at radius 3 is 2.92 bits per heavy atom. The van der Waals surface area contributed by atoms with Crippen LogP contribution in [0.15, 0.2) is 12.4 Å². The zero-order valence-corrected chi connectivity index (χ0v) is 7.14. The summed E-state index contributed by atoms with van der Waals surface area (Å²) in [4.78, 5) is 6.38. The molecule has 1 aliphatic rings. The first-order valence-corrected chi connectivity index (χ1v) is 4.14. The molecule has 4 nitrogen and oxygen atoms in total. The van der Waals surface area contributed by atoms with E-state index >= 15 is 0 Å². The highest BCUT2D eigenvalue weighted by molar-refractivity contribution is 5.34. The van der Waals surface area contributed by atoms with Gasteiger partial charge in [0, 0.05) is 45.1 Å². The Bertz CT molecular complexity index is 265. The molecule has 1 fully saturated rings. The molecule has 0 aliphatic carbocycles. The van der Waals surface area contributed by atoms with Gasteiger partial charge in [-0.2, -0.15) is 0 Å². The van der Waals surface area contributed by atoms with Gasteiger partial charge in [0.15, 0.2) is 0 Å². The summed E-state index contributed by atoms with van der Waals surface area (Å²) in [5.74, 6) is 1.45. The maximum atomic E-state index is 8.82. The summed E-state index contributed by atoms with van der Waals surface area (Å²) in [6.07, 6.45) is 3.73. The molecule has 0 saturated carbocycles. The van der Waals surface area contributed by atoms with Gasteiger partial charge >= 0.3 is 0 Å². The summed E-state index contributed by atoms with van der Waals surface area (Å²) in [6.45, 7) is 2.16. The van der Waals surface area contributed by atoms with Gasteiger partial charge in [0.2, 0.25) is 5.95 Å². The van der Waals surface area contributed by atoms with E-state index in [0.717, 1.165) is 19.0 Å². The second-order valence-electron chi connectivity index (χ2n) is 3.29. The van der Waals surface area contributed by atoms with Gasteiger partial charge in [-0.05, 0) is 0 Å². The topological polar surface area (TPSA) is 41.3 Å². The van der Waals surface area contributed by atoms with Crippen molar-refractivity contribution in [2.75, 3.05) is 24.6 Å². The van der Waals surface area contributed by atoms with Crippen LogP contribution in [-0.2, 0) is 7.05 Å². The van der Waals surface area contributed by atoms with Gasteiger partial charge in [-0.3, -0.25) is 0 Å². The largest absolute Gasteiger partial charge is 0.396 e. The molecule has 1 aromatic rings. The van der Waals surface area contributed by atoms with Gasteiger partial charge in [0.25, 0.3) is 0 Å². The number of hydrogen-bond donors (Lipinski definition) is 1. The third kappa shape index (κ3) is 1.08. The second kappa shape index (κ2) is 2.79. The number of aliphatic hydroxyl groups is 1. The SMILES string of the molecule is Cn1ccnc1N1CC(CO)C1. The van der Waals surface area contributed by atoms with E-state index in [4.69, 9.17) is 5.11 Å². The summed E-state index contributed by atoms with van der Waals surface area (Å²) in [5, 5.41) is 8.82. The first-order valence-electron chi connectivity index (χ1n) is 4.14. The van der Waals surface area contributed by atoms with Crippen LogP contribution in [0.4, 0.5) is 5.95 Å². The molecule has 0 amide bonds. The number of aliphatic hydroxyl groups excluding tert-OH is 1. The number of rotatable bonds is 2. The molecule has 4 heteroatoms. The predicted molar refractivity (Wildman–Crippen MR) is 46.0 cm³/mol. The molecule has 0 aromatic carbocycles. The zero-order chi connectivity index (χ0) is 8.55. The molecule has 2 rings (SSSR count). The van der Waals surface area contributed by atoms with Crippen LogP contribution < -0.4 is 4.90 Å². The molecule has 12 heavy (non-hydrogen) atoms. The Morgan fingerprint density at radius 2 is 2.42 bits per heavy atom. The molecule has 1 saturated heterocycles. The van der Waals surface area contributed by atoms with E-state index in [1.54, 1.807) is 6.20 Å². The highest BCUT2D eigenvalue weighted by Gasteiger charge is 2.28. The van der Waals surface area contributed by atoms with Crippen LogP contribution in [0.5, 0.6) is 0 Å². The van der Waals surface area contributed by atoms with Gasteiger partial charge in [0.05, 0.1) is 0 Å². The normalized spacial score (nSPS) is 18.0. The van der Waals surface area contributed by atoms with Crippen LogP contribution in [0.25, 0.3) is 0 Å². The van der Waals surface area contributed by atoms with Gasteiger partial charge in [0.1, 0.15) is 0 Å². The number of imidazole rings is 1. The number of hydrogen-bond acceptors (Lipinski definition) is 3. The van der Waals surface area contributed by atoms with Crippen molar-refractivity contribution in [3.8, 4) is 0 Å². The van der Waals surface area contributed by atoms with Crippen molar-refractivity contribution in [1.82, 2.24) is 9.55 Å². The van der Waals surface area contributed by atoms with Crippen LogP contribution in [0.3, 0.4) is 0 Å². The minimum absolute atomic E-state index is 0.293. The van der Waals surface area contributed by atoms with Gasteiger partial charge in [-0.15, -0.1) is 0 Å². The fraction of sp³-hybridized carbons (Fsp3) is 0.625. The number of anilines is 1. The molecule has 2 heterocycles. The van der Waals surface area contributed by atoms with Crippen LogP contribution in [0.2, 0.25) is 0 Å². The van der Waals surface area contributed by atoms with E-state index in [1.807, 2.05) is 17.8 Å². The molecule has 1 aromatic heterocycles. The summed E-state index contributed by atoms with van der Waals surface area (Å²) in [7, 11) is 1.98.